The highest BCUT2D eigenvalue weighted by Gasteiger charge is 2.51. The van der Waals surface area contributed by atoms with E-state index < -0.39 is 6.04 Å². The first-order valence-electron chi connectivity index (χ1n) is 9.73. The smallest absolute Gasteiger partial charge is 0.309 e. The van der Waals surface area contributed by atoms with Crippen LogP contribution in [0.2, 0.25) is 0 Å². The Morgan fingerprint density at radius 3 is 2.50 bits per heavy atom. The molecule has 150 valence electrons. The molecule has 0 radical (unpaired) electrons. The minimum absolute atomic E-state index is 0.00557. The van der Waals surface area contributed by atoms with Gasteiger partial charge in [-0.05, 0) is 30.2 Å². The lowest BCUT2D eigenvalue weighted by atomic mass is 10.0. The Kier molecular flexibility index (Phi) is 4.74. The molecule has 28 heavy (non-hydrogen) atoms. The molecule has 8 nitrogen and oxygen atoms in total. The predicted octanol–water partition coefficient (Wildman–Crippen LogP) is 1.58. The molecule has 3 aliphatic rings. The minimum Gasteiger partial charge on any atom is -0.309 e. The zero-order valence-corrected chi connectivity index (χ0v) is 16.2. The molecule has 3 atom stereocenters. The molecule has 2 saturated heterocycles. The summed E-state index contributed by atoms with van der Waals surface area (Å²) in [6, 6.07) is 8.69. The Balaban J connectivity index is 1.31. The van der Waals surface area contributed by atoms with Gasteiger partial charge >= 0.3 is 6.03 Å². The van der Waals surface area contributed by atoms with E-state index in [1.807, 2.05) is 44.2 Å². The summed E-state index contributed by atoms with van der Waals surface area (Å²) in [5, 5.41) is 1.39. The number of hydrogen-bond donors (Lipinski definition) is 2. The first kappa shape index (κ1) is 18.7. The molecular formula is C20H26N4O4. The summed E-state index contributed by atoms with van der Waals surface area (Å²) in [6.07, 6.45) is 2.04. The Morgan fingerprint density at radius 2 is 1.82 bits per heavy atom. The molecule has 0 spiro atoms. The third-order valence-electron chi connectivity index (χ3n) is 5.98. The van der Waals surface area contributed by atoms with Crippen molar-refractivity contribution in [3.63, 3.8) is 0 Å². The van der Waals surface area contributed by atoms with Crippen molar-refractivity contribution in [1.82, 2.24) is 20.8 Å². The predicted molar refractivity (Wildman–Crippen MR) is 100 cm³/mol. The van der Waals surface area contributed by atoms with Gasteiger partial charge in [0.25, 0.3) is 5.91 Å². The van der Waals surface area contributed by atoms with Gasteiger partial charge in [-0.3, -0.25) is 25.3 Å². The molecule has 1 aromatic carbocycles. The van der Waals surface area contributed by atoms with Gasteiger partial charge in [0.15, 0.2) is 0 Å². The molecule has 1 aromatic rings. The van der Waals surface area contributed by atoms with Gasteiger partial charge in [-0.15, -0.1) is 0 Å². The molecule has 2 heterocycles. The number of piperidine rings is 1. The number of hydrazine groups is 1. The van der Waals surface area contributed by atoms with Crippen LogP contribution in [0.4, 0.5) is 4.79 Å². The second kappa shape index (κ2) is 7.09. The van der Waals surface area contributed by atoms with Crippen LogP contribution in [0.3, 0.4) is 0 Å². The average Bonchev–Trinajstić information content (AvgIpc) is 3.27. The summed E-state index contributed by atoms with van der Waals surface area (Å²) in [7, 11) is 0. The fourth-order valence-corrected chi connectivity index (χ4v) is 4.00. The monoisotopic (exact) mass is 386 g/mol. The van der Waals surface area contributed by atoms with Crippen LogP contribution in [0.25, 0.3) is 0 Å². The number of carbonyl (C=O) groups is 3. The number of fused-ring (bicyclic) bond motifs is 2. The number of hydroxylamine groups is 2. The van der Waals surface area contributed by atoms with Crippen LogP contribution in [0.15, 0.2) is 30.3 Å². The second-order valence-electron chi connectivity index (χ2n) is 8.49. The van der Waals surface area contributed by atoms with Crippen molar-refractivity contribution in [2.45, 2.75) is 51.8 Å². The van der Waals surface area contributed by atoms with E-state index in [2.05, 4.69) is 10.9 Å². The number of hydrogen-bond acceptors (Lipinski definition) is 4. The van der Waals surface area contributed by atoms with Crippen LogP contribution in [-0.2, 0) is 21.0 Å². The number of urea groups is 1. The number of nitrogens with zero attached hydrogens (tertiary/aromatic N) is 2. The molecule has 4 rings (SSSR count). The first-order valence-corrected chi connectivity index (χ1v) is 9.73. The van der Waals surface area contributed by atoms with Crippen molar-refractivity contribution in [2.75, 3.05) is 6.54 Å². The van der Waals surface area contributed by atoms with Crippen LogP contribution in [0, 0.1) is 11.3 Å². The van der Waals surface area contributed by atoms with Crippen molar-refractivity contribution in [3.05, 3.63) is 35.9 Å². The van der Waals surface area contributed by atoms with Crippen molar-refractivity contribution >= 4 is 17.8 Å². The lowest BCUT2D eigenvalue weighted by Gasteiger charge is -2.29. The Bertz CT molecular complexity index is 782. The number of nitrogens with one attached hydrogen (secondary N) is 2. The fraction of sp³-hybridized carbons (Fsp3) is 0.550. The second-order valence-corrected chi connectivity index (χ2v) is 8.49. The van der Waals surface area contributed by atoms with E-state index in [1.54, 1.807) is 0 Å². The minimum atomic E-state index is -0.596. The number of rotatable bonds is 5. The van der Waals surface area contributed by atoms with Gasteiger partial charge in [-0.1, -0.05) is 44.2 Å². The quantitative estimate of drug-likeness (QED) is 0.752. The van der Waals surface area contributed by atoms with Crippen molar-refractivity contribution < 1.29 is 19.2 Å². The van der Waals surface area contributed by atoms with E-state index in [9.17, 15) is 14.4 Å². The molecule has 2 N–H and O–H groups in total. The highest BCUT2D eigenvalue weighted by atomic mass is 16.7. The summed E-state index contributed by atoms with van der Waals surface area (Å²) in [5.74, 6) is -0.602. The van der Waals surface area contributed by atoms with E-state index in [4.69, 9.17) is 4.84 Å². The Hall–Kier alpha value is -2.61. The van der Waals surface area contributed by atoms with Crippen LogP contribution >= 0.6 is 0 Å². The van der Waals surface area contributed by atoms with Crippen molar-refractivity contribution in [2.24, 2.45) is 11.3 Å². The number of carbonyl (C=O) groups excluding carboxylic acids is 3. The number of benzene rings is 1. The maximum atomic E-state index is 12.7. The normalized spacial score (nSPS) is 27.5. The molecule has 3 fully saturated rings. The zero-order valence-electron chi connectivity index (χ0n) is 16.2. The van der Waals surface area contributed by atoms with Gasteiger partial charge in [-0.25, -0.2) is 4.79 Å². The average molecular weight is 386 g/mol. The Labute approximate surface area is 164 Å². The maximum Gasteiger partial charge on any atom is 0.345 e. The first-order chi connectivity index (χ1) is 13.4. The van der Waals surface area contributed by atoms with Crippen LogP contribution in [0.1, 0.15) is 38.7 Å². The standard InChI is InChI=1S/C20H26N4O4/c1-20(2)10-15(20)17(25)21-22-18(26)16-9-8-14-11-23(16)19(27)24(14)28-12-13-6-4-3-5-7-13/h3-7,14-16H,8-12H2,1-2H3,(H,21,25)(H,22,26). The van der Waals surface area contributed by atoms with E-state index in [1.165, 1.54) is 9.96 Å². The molecule has 8 heteroatoms. The maximum absolute atomic E-state index is 12.7. The number of amides is 4. The van der Waals surface area contributed by atoms with Gasteiger partial charge in [0.1, 0.15) is 12.6 Å². The van der Waals surface area contributed by atoms with Crippen LogP contribution < -0.4 is 10.9 Å². The molecule has 0 aromatic heterocycles. The van der Waals surface area contributed by atoms with Crippen molar-refractivity contribution in [1.29, 1.82) is 0 Å². The third-order valence-corrected chi connectivity index (χ3v) is 5.98. The summed E-state index contributed by atoms with van der Waals surface area (Å²) < 4.78 is 0. The third kappa shape index (κ3) is 3.56. The van der Waals surface area contributed by atoms with Gasteiger partial charge < -0.3 is 4.90 Å². The summed E-state index contributed by atoms with van der Waals surface area (Å²) in [6.45, 7) is 4.80. The van der Waals surface area contributed by atoms with E-state index in [0.29, 0.717) is 26.0 Å². The van der Waals surface area contributed by atoms with Crippen LogP contribution in [-0.4, -0.2) is 46.4 Å². The van der Waals surface area contributed by atoms with E-state index in [-0.39, 0.29) is 35.2 Å². The highest BCUT2D eigenvalue weighted by molar-refractivity contribution is 5.90. The summed E-state index contributed by atoms with van der Waals surface area (Å²) >= 11 is 0. The molecule has 2 bridgehead atoms. The van der Waals surface area contributed by atoms with Gasteiger partial charge in [-0.2, -0.15) is 5.06 Å². The van der Waals surface area contributed by atoms with E-state index >= 15 is 0 Å². The SMILES string of the molecule is CC1(C)CC1C(=O)NNC(=O)C1CCC2CN1C(=O)N2OCc1ccccc1. The summed E-state index contributed by atoms with van der Waals surface area (Å²) in [4.78, 5) is 44.6. The zero-order chi connectivity index (χ0) is 19.9. The lowest BCUT2D eigenvalue weighted by molar-refractivity contribution is -0.140. The largest absolute Gasteiger partial charge is 0.345 e. The van der Waals surface area contributed by atoms with Gasteiger partial charge in [0.2, 0.25) is 5.91 Å². The highest BCUT2D eigenvalue weighted by Crippen LogP contribution is 2.51. The van der Waals surface area contributed by atoms with Gasteiger partial charge in [0, 0.05) is 12.5 Å². The Morgan fingerprint density at radius 1 is 1.14 bits per heavy atom. The lowest BCUT2D eigenvalue weighted by Crippen LogP contribution is -2.54. The van der Waals surface area contributed by atoms with E-state index in [0.717, 1.165) is 12.0 Å². The summed E-state index contributed by atoms with van der Waals surface area (Å²) in [5.41, 5.74) is 5.98. The topological polar surface area (TPSA) is 91.0 Å². The fourth-order valence-electron chi connectivity index (χ4n) is 4.00. The molecule has 2 aliphatic heterocycles. The molecule has 1 saturated carbocycles. The molecule has 1 aliphatic carbocycles. The van der Waals surface area contributed by atoms with Crippen molar-refractivity contribution in [3.8, 4) is 0 Å². The molecular weight excluding hydrogens is 360 g/mol. The van der Waals surface area contributed by atoms with Crippen LogP contribution in [0.5, 0.6) is 0 Å². The molecule has 4 amide bonds. The van der Waals surface area contributed by atoms with Gasteiger partial charge in [0.05, 0.1) is 6.04 Å². The molecule has 3 unspecified atom stereocenters.